The number of benzene rings is 2. The van der Waals surface area contributed by atoms with Crippen molar-refractivity contribution < 1.29 is 24.0 Å². The van der Waals surface area contributed by atoms with Crippen molar-refractivity contribution in [1.82, 2.24) is 9.55 Å². The predicted octanol–water partition coefficient (Wildman–Crippen LogP) is 2.53. The summed E-state index contributed by atoms with van der Waals surface area (Å²) in [6.07, 6.45) is 1.51. The van der Waals surface area contributed by atoms with E-state index in [0.29, 0.717) is 12.4 Å². The number of nitrogens with zero attached hydrogens (tertiary/aromatic N) is 3. The van der Waals surface area contributed by atoms with E-state index in [2.05, 4.69) is 10.3 Å². The minimum Gasteiger partial charge on any atom is -0.494 e. The van der Waals surface area contributed by atoms with Crippen LogP contribution in [0.5, 0.6) is 5.75 Å². The zero-order valence-corrected chi connectivity index (χ0v) is 15.5. The van der Waals surface area contributed by atoms with Crippen LogP contribution in [0.4, 0.5) is 11.4 Å². The summed E-state index contributed by atoms with van der Waals surface area (Å²) in [6, 6.07) is 11.4. The Labute approximate surface area is 165 Å². The van der Waals surface area contributed by atoms with Crippen LogP contribution < -0.4 is 10.1 Å². The lowest BCUT2D eigenvalue weighted by atomic mass is 10.2. The fourth-order valence-electron chi connectivity index (χ4n) is 2.68. The summed E-state index contributed by atoms with van der Waals surface area (Å²) in [5.41, 5.74) is 1.17. The summed E-state index contributed by atoms with van der Waals surface area (Å²) in [6.45, 7) is 1.42. The molecule has 3 aromatic rings. The molecular weight excluding hydrogens is 380 g/mol. The number of imidazole rings is 1. The summed E-state index contributed by atoms with van der Waals surface area (Å²) in [4.78, 5) is 38.8. The number of para-hydroxylation sites is 2. The number of rotatable bonds is 8. The van der Waals surface area contributed by atoms with Gasteiger partial charge in [-0.15, -0.1) is 0 Å². The number of carbonyl (C=O) groups excluding carboxylic acids is 2. The van der Waals surface area contributed by atoms with Crippen LogP contribution in [0.3, 0.4) is 0 Å². The van der Waals surface area contributed by atoms with Gasteiger partial charge in [-0.05, 0) is 31.2 Å². The van der Waals surface area contributed by atoms with Crippen LogP contribution in [0, 0.1) is 10.1 Å². The van der Waals surface area contributed by atoms with Gasteiger partial charge in [0.25, 0.3) is 11.6 Å². The second kappa shape index (κ2) is 8.83. The van der Waals surface area contributed by atoms with Crippen LogP contribution in [0.1, 0.15) is 6.92 Å². The second-order valence-electron chi connectivity index (χ2n) is 5.94. The highest BCUT2D eigenvalue weighted by Crippen LogP contribution is 2.29. The first kappa shape index (κ1) is 19.8. The van der Waals surface area contributed by atoms with Gasteiger partial charge in [-0.1, -0.05) is 12.1 Å². The molecule has 0 aliphatic heterocycles. The highest BCUT2D eigenvalue weighted by atomic mass is 16.6. The van der Waals surface area contributed by atoms with Crippen LogP contribution in [0.15, 0.2) is 48.8 Å². The number of fused-ring (bicyclic) bond motifs is 1. The molecule has 0 bridgehead atoms. The number of ether oxygens (including phenoxy) is 2. The Bertz CT molecular complexity index is 1060. The largest absolute Gasteiger partial charge is 0.494 e. The summed E-state index contributed by atoms with van der Waals surface area (Å²) in [7, 11) is 0. The summed E-state index contributed by atoms with van der Waals surface area (Å²) >= 11 is 0. The molecule has 0 saturated heterocycles. The van der Waals surface area contributed by atoms with Crippen molar-refractivity contribution in [1.29, 1.82) is 0 Å². The van der Waals surface area contributed by atoms with Gasteiger partial charge in [-0.25, -0.2) is 4.98 Å². The molecule has 0 saturated carbocycles. The van der Waals surface area contributed by atoms with Crippen molar-refractivity contribution in [2.24, 2.45) is 0 Å². The SMILES string of the molecule is CCOc1ccc(NC(=O)COC(=O)Cn2cnc3ccccc32)c([N+](=O)[O-])c1. The molecule has 3 rings (SSSR count). The van der Waals surface area contributed by atoms with E-state index >= 15 is 0 Å². The fourth-order valence-corrected chi connectivity index (χ4v) is 2.68. The monoisotopic (exact) mass is 398 g/mol. The Morgan fingerprint density at radius 2 is 2.03 bits per heavy atom. The van der Waals surface area contributed by atoms with Gasteiger partial charge in [0.2, 0.25) is 0 Å². The number of hydrogen-bond donors (Lipinski definition) is 1. The average Bonchev–Trinajstić information content (AvgIpc) is 3.10. The van der Waals surface area contributed by atoms with Crippen LogP contribution in [0.25, 0.3) is 11.0 Å². The summed E-state index contributed by atoms with van der Waals surface area (Å²) in [5.74, 6) is -1.01. The van der Waals surface area contributed by atoms with Gasteiger partial charge in [0.1, 0.15) is 18.0 Å². The molecule has 1 heterocycles. The van der Waals surface area contributed by atoms with Gasteiger partial charge in [-0.3, -0.25) is 19.7 Å². The first-order valence-electron chi connectivity index (χ1n) is 8.74. The third-order valence-corrected chi connectivity index (χ3v) is 3.94. The number of carbonyl (C=O) groups is 2. The van der Waals surface area contributed by atoms with E-state index in [1.165, 1.54) is 24.5 Å². The van der Waals surface area contributed by atoms with Gasteiger partial charge >= 0.3 is 5.97 Å². The number of anilines is 1. The van der Waals surface area contributed by atoms with Gasteiger partial charge in [-0.2, -0.15) is 0 Å². The number of amides is 1. The number of nitro groups is 1. The van der Waals surface area contributed by atoms with E-state index in [9.17, 15) is 19.7 Å². The van der Waals surface area contributed by atoms with Crippen LogP contribution in [0.2, 0.25) is 0 Å². The van der Waals surface area contributed by atoms with E-state index in [0.717, 1.165) is 11.0 Å². The normalized spacial score (nSPS) is 10.5. The maximum atomic E-state index is 12.1. The molecular formula is C19H18N4O6. The zero-order chi connectivity index (χ0) is 20.8. The van der Waals surface area contributed by atoms with Crippen LogP contribution in [-0.2, 0) is 20.9 Å². The minimum atomic E-state index is -0.693. The highest BCUT2D eigenvalue weighted by Gasteiger charge is 2.18. The quantitative estimate of drug-likeness (QED) is 0.351. The van der Waals surface area contributed by atoms with Crippen molar-refractivity contribution >= 4 is 34.3 Å². The van der Waals surface area contributed by atoms with E-state index < -0.39 is 23.4 Å². The third-order valence-electron chi connectivity index (χ3n) is 3.94. The standard InChI is InChI=1S/C19H18N4O6/c1-2-28-13-7-8-15(17(9-13)23(26)27)21-18(24)11-29-19(25)10-22-12-20-14-5-3-4-6-16(14)22/h3-9,12H,2,10-11H2,1H3,(H,21,24). The number of nitrogens with one attached hydrogen (secondary N) is 1. The van der Waals surface area contributed by atoms with Crippen molar-refractivity contribution in [3.05, 3.63) is 58.9 Å². The summed E-state index contributed by atoms with van der Waals surface area (Å²) in [5, 5.41) is 13.6. The predicted molar refractivity (Wildman–Crippen MR) is 104 cm³/mol. The van der Waals surface area contributed by atoms with Crippen molar-refractivity contribution in [3.63, 3.8) is 0 Å². The van der Waals surface area contributed by atoms with Crippen molar-refractivity contribution in [2.75, 3.05) is 18.5 Å². The Morgan fingerprint density at radius 3 is 2.79 bits per heavy atom. The molecule has 2 aromatic carbocycles. The van der Waals surface area contributed by atoms with Crippen molar-refractivity contribution in [2.45, 2.75) is 13.5 Å². The second-order valence-corrected chi connectivity index (χ2v) is 5.94. The molecule has 10 nitrogen and oxygen atoms in total. The molecule has 150 valence electrons. The van der Waals surface area contributed by atoms with Gasteiger partial charge < -0.3 is 19.4 Å². The van der Waals surface area contributed by atoms with E-state index in [1.807, 2.05) is 24.3 Å². The minimum absolute atomic E-state index is 0.0138. The molecule has 0 aliphatic rings. The van der Waals surface area contributed by atoms with Crippen LogP contribution >= 0.6 is 0 Å². The van der Waals surface area contributed by atoms with Gasteiger partial charge in [0, 0.05) is 0 Å². The van der Waals surface area contributed by atoms with Gasteiger partial charge in [0.15, 0.2) is 6.61 Å². The fraction of sp³-hybridized carbons (Fsp3) is 0.211. The zero-order valence-electron chi connectivity index (χ0n) is 15.5. The molecule has 0 fully saturated rings. The molecule has 0 atom stereocenters. The highest BCUT2D eigenvalue weighted by molar-refractivity contribution is 5.95. The number of hydrogen-bond acceptors (Lipinski definition) is 7. The molecule has 1 N–H and O–H groups in total. The Balaban J connectivity index is 1.58. The first-order chi connectivity index (χ1) is 14.0. The molecule has 29 heavy (non-hydrogen) atoms. The number of aromatic nitrogens is 2. The molecule has 1 aromatic heterocycles. The molecule has 0 aliphatic carbocycles. The Hall–Kier alpha value is -3.95. The van der Waals surface area contributed by atoms with E-state index in [1.54, 1.807) is 11.5 Å². The van der Waals surface area contributed by atoms with E-state index in [-0.39, 0.29) is 17.9 Å². The Morgan fingerprint density at radius 1 is 1.24 bits per heavy atom. The topological polar surface area (TPSA) is 126 Å². The van der Waals surface area contributed by atoms with Crippen LogP contribution in [-0.4, -0.2) is 39.6 Å². The maximum absolute atomic E-state index is 12.1. The molecule has 0 spiro atoms. The maximum Gasteiger partial charge on any atom is 0.326 e. The van der Waals surface area contributed by atoms with Gasteiger partial charge in [0.05, 0.1) is 35.0 Å². The third kappa shape index (κ3) is 4.86. The molecule has 10 heteroatoms. The Kier molecular flexibility index (Phi) is 6.03. The lowest BCUT2D eigenvalue weighted by Gasteiger charge is -2.09. The lowest BCUT2D eigenvalue weighted by molar-refractivity contribution is -0.384. The molecule has 1 amide bonds. The molecule has 0 radical (unpaired) electrons. The number of nitro benzene ring substituents is 1. The average molecular weight is 398 g/mol. The number of esters is 1. The lowest BCUT2D eigenvalue weighted by Crippen LogP contribution is -2.23. The molecule has 0 unspecified atom stereocenters. The smallest absolute Gasteiger partial charge is 0.326 e. The summed E-state index contributed by atoms with van der Waals surface area (Å²) < 4.78 is 11.8. The van der Waals surface area contributed by atoms with E-state index in [4.69, 9.17) is 9.47 Å². The van der Waals surface area contributed by atoms with Crippen molar-refractivity contribution in [3.8, 4) is 5.75 Å². The first-order valence-corrected chi connectivity index (χ1v) is 8.74.